The number of rotatable bonds is 2. The summed E-state index contributed by atoms with van der Waals surface area (Å²) in [6.07, 6.45) is 2.23. The van der Waals surface area contributed by atoms with Gasteiger partial charge in [-0.2, -0.15) is 0 Å². The lowest BCUT2D eigenvalue weighted by molar-refractivity contribution is -0.137. The highest BCUT2D eigenvalue weighted by Gasteiger charge is 2.35. The number of benzene rings is 1. The van der Waals surface area contributed by atoms with Crippen LogP contribution in [0.5, 0.6) is 5.75 Å². The van der Waals surface area contributed by atoms with Crippen LogP contribution in [-0.4, -0.2) is 37.2 Å². The maximum absolute atomic E-state index is 12.7. The van der Waals surface area contributed by atoms with Gasteiger partial charge >= 0.3 is 0 Å². The highest BCUT2D eigenvalue weighted by molar-refractivity contribution is 5.92. The summed E-state index contributed by atoms with van der Waals surface area (Å²) in [5, 5.41) is 0. The van der Waals surface area contributed by atoms with Crippen LogP contribution in [0.1, 0.15) is 31.0 Å². The van der Waals surface area contributed by atoms with E-state index in [2.05, 4.69) is 13.0 Å². The van der Waals surface area contributed by atoms with Crippen LogP contribution in [-0.2, 0) is 20.7 Å². The largest absolute Gasteiger partial charge is 0.497 e. The smallest absolute Gasteiger partial charge is 0.292 e. The first-order valence-corrected chi connectivity index (χ1v) is 7.56. The molecule has 0 radical (unpaired) electrons. The molecule has 2 aliphatic heterocycles. The van der Waals surface area contributed by atoms with Gasteiger partial charge in [-0.1, -0.05) is 6.07 Å². The average Bonchev–Trinajstić information content (AvgIpc) is 2.55. The SMILES string of the molecule is COc1ccc2c(c1)CC(C)N(C(=O)C1=COCCO1)C2C. The number of carbonyl (C=O) groups excluding carboxylic acids is 1. The fourth-order valence-corrected chi connectivity index (χ4v) is 3.23. The number of methoxy groups -OCH3 is 1. The molecule has 0 fully saturated rings. The third-order valence-corrected chi connectivity index (χ3v) is 4.30. The molecule has 0 spiro atoms. The van der Waals surface area contributed by atoms with E-state index in [4.69, 9.17) is 14.2 Å². The quantitative estimate of drug-likeness (QED) is 0.842. The Morgan fingerprint density at radius 3 is 2.82 bits per heavy atom. The Hall–Kier alpha value is -2.17. The number of amides is 1. The Morgan fingerprint density at radius 1 is 1.32 bits per heavy atom. The molecule has 0 N–H and O–H groups in total. The van der Waals surface area contributed by atoms with Crippen LogP contribution in [0.2, 0.25) is 0 Å². The normalized spacial score (nSPS) is 23.8. The predicted molar refractivity (Wildman–Crippen MR) is 81.4 cm³/mol. The number of ether oxygens (including phenoxy) is 3. The van der Waals surface area contributed by atoms with Crippen molar-refractivity contribution >= 4 is 5.91 Å². The minimum atomic E-state index is -0.110. The first kappa shape index (κ1) is 14.8. The van der Waals surface area contributed by atoms with Gasteiger partial charge in [0.05, 0.1) is 13.2 Å². The molecule has 0 aliphatic carbocycles. The molecule has 0 aromatic heterocycles. The Kier molecular flexibility index (Phi) is 3.96. The second-order valence-corrected chi connectivity index (χ2v) is 5.71. The number of hydrogen-bond acceptors (Lipinski definition) is 4. The van der Waals surface area contributed by atoms with Gasteiger partial charge in [-0.15, -0.1) is 0 Å². The third kappa shape index (κ3) is 2.51. The fraction of sp³-hybridized carbons (Fsp3) is 0.471. The molecular formula is C17H21NO4. The molecule has 1 aromatic carbocycles. The molecule has 0 bridgehead atoms. The minimum Gasteiger partial charge on any atom is -0.497 e. The van der Waals surface area contributed by atoms with Gasteiger partial charge < -0.3 is 19.1 Å². The van der Waals surface area contributed by atoms with E-state index in [1.54, 1.807) is 7.11 Å². The van der Waals surface area contributed by atoms with Crippen LogP contribution in [0.4, 0.5) is 0 Å². The van der Waals surface area contributed by atoms with Crippen LogP contribution >= 0.6 is 0 Å². The van der Waals surface area contributed by atoms with Gasteiger partial charge in [0.15, 0.2) is 0 Å². The molecule has 1 aromatic rings. The second-order valence-electron chi connectivity index (χ2n) is 5.71. The molecule has 2 aliphatic rings. The zero-order valence-electron chi connectivity index (χ0n) is 13.2. The Bertz CT molecular complexity index is 611. The zero-order chi connectivity index (χ0) is 15.7. The topological polar surface area (TPSA) is 48.0 Å². The van der Waals surface area contributed by atoms with E-state index in [0.717, 1.165) is 17.7 Å². The molecule has 3 rings (SSSR count). The molecule has 2 unspecified atom stereocenters. The van der Waals surface area contributed by atoms with E-state index in [1.165, 1.54) is 11.8 Å². The van der Waals surface area contributed by atoms with Gasteiger partial charge in [0, 0.05) is 6.04 Å². The van der Waals surface area contributed by atoms with Crippen LogP contribution in [0.25, 0.3) is 0 Å². The molecule has 0 saturated heterocycles. The van der Waals surface area contributed by atoms with E-state index in [1.807, 2.05) is 24.0 Å². The zero-order valence-corrected chi connectivity index (χ0v) is 13.2. The predicted octanol–water partition coefficient (Wildman–Crippen LogP) is 2.42. The number of fused-ring (bicyclic) bond motifs is 1. The fourth-order valence-electron chi connectivity index (χ4n) is 3.23. The lowest BCUT2D eigenvalue weighted by atomic mass is 9.89. The van der Waals surface area contributed by atoms with Gasteiger partial charge in [-0.3, -0.25) is 4.79 Å². The maximum atomic E-state index is 12.7. The highest BCUT2D eigenvalue weighted by atomic mass is 16.6. The Morgan fingerprint density at radius 2 is 2.14 bits per heavy atom. The van der Waals surface area contributed by atoms with Gasteiger partial charge in [-0.25, -0.2) is 0 Å². The van der Waals surface area contributed by atoms with Gasteiger partial charge in [0.2, 0.25) is 5.76 Å². The summed E-state index contributed by atoms with van der Waals surface area (Å²) in [4.78, 5) is 14.6. The van der Waals surface area contributed by atoms with Crippen LogP contribution in [0.3, 0.4) is 0 Å². The summed E-state index contributed by atoms with van der Waals surface area (Å²) in [6.45, 7) is 5.01. The molecule has 1 amide bonds. The molecule has 5 heteroatoms. The van der Waals surface area contributed by atoms with E-state index >= 15 is 0 Å². The maximum Gasteiger partial charge on any atom is 0.292 e. The van der Waals surface area contributed by atoms with Crippen molar-refractivity contribution in [1.29, 1.82) is 0 Å². The summed E-state index contributed by atoms with van der Waals surface area (Å²) in [7, 11) is 1.67. The molecule has 2 heterocycles. The summed E-state index contributed by atoms with van der Waals surface area (Å²) in [6, 6.07) is 6.12. The van der Waals surface area contributed by atoms with Crippen molar-refractivity contribution in [3.63, 3.8) is 0 Å². The van der Waals surface area contributed by atoms with E-state index in [-0.39, 0.29) is 18.0 Å². The van der Waals surface area contributed by atoms with Gasteiger partial charge in [-0.05, 0) is 43.5 Å². The Balaban J connectivity index is 1.90. The van der Waals surface area contributed by atoms with Gasteiger partial charge in [0.1, 0.15) is 25.2 Å². The molecule has 2 atom stereocenters. The molecule has 5 nitrogen and oxygen atoms in total. The molecule has 0 saturated carbocycles. The lowest BCUT2D eigenvalue weighted by Gasteiger charge is -2.40. The number of carbonyl (C=O) groups is 1. The minimum absolute atomic E-state index is 0.0106. The van der Waals surface area contributed by atoms with Crippen LogP contribution < -0.4 is 4.74 Å². The Labute approximate surface area is 130 Å². The van der Waals surface area contributed by atoms with Crippen molar-refractivity contribution in [1.82, 2.24) is 4.90 Å². The van der Waals surface area contributed by atoms with Crippen molar-refractivity contribution < 1.29 is 19.0 Å². The second kappa shape index (κ2) is 5.91. The van der Waals surface area contributed by atoms with E-state index in [9.17, 15) is 4.79 Å². The van der Waals surface area contributed by atoms with Crippen molar-refractivity contribution in [3.05, 3.63) is 41.3 Å². The molecule has 118 valence electrons. The summed E-state index contributed by atoms with van der Waals surface area (Å²) in [5.41, 5.74) is 2.39. The highest BCUT2D eigenvalue weighted by Crippen LogP contribution is 2.35. The standard InChI is InChI=1S/C17H21NO4/c1-11-8-13-9-14(20-3)4-5-15(13)12(2)18(11)17(19)16-10-21-6-7-22-16/h4-5,9-12H,6-8H2,1-3H3. The molecule has 22 heavy (non-hydrogen) atoms. The summed E-state index contributed by atoms with van der Waals surface area (Å²) >= 11 is 0. The van der Waals surface area contributed by atoms with Crippen molar-refractivity contribution in [2.75, 3.05) is 20.3 Å². The first-order chi connectivity index (χ1) is 10.6. The number of nitrogens with zero attached hydrogens (tertiary/aromatic N) is 1. The van der Waals surface area contributed by atoms with Crippen molar-refractivity contribution in [3.8, 4) is 5.75 Å². The summed E-state index contributed by atoms with van der Waals surface area (Å²) in [5.74, 6) is 1.03. The monoisotopic (exact) mass is 303 g/mol. The summed E-state index contributed by atoms with van der Waals surface area (Å²) < 4.78 is 15.9. The lowest BCUT2D eigenvalue weighted by Crippen LogP contribution is -2.46. The van der Waals surface area contributed by atoms with Crippen molar-refractivity contribution in [2.24, 2.45) is 0 Å². The molecular weight excluding hydrogens is 282 g/mol. The number of hydrogen-bond donors (Lipinski definition) is 0. The third-order valence-electron chi connectivity index (χ3n) is 4.30. The van der Waals surface area contributed by atoms with E-state index in [0.29, 0.717) is 19.0 Å². The van der Waals surface area contributed by atoms with Crippen LogP contribution in [0, 0.1) is 0 Å². The van der Waals surface area contributed by atoms with Crippen molar-refractivity contribution in [2.45, 2.75) is 32.4 Å². The van der Waals surface area contributed by atoms with E-state index < -0.39 is 0 Å². The van der Waals surface area contributed by atoms with Crippen LogP contribution in [0.15, 0.2) is 30.2 Å². The van der Waals surface area contributed by atoms with Gasteiger partial charge in [0.25, 0.3) is 5.91 Å². The average molecular weight is 303 g/mol. The first-order valence-electron chi connectivity index (χ1n) is 7.56.